The van der Waals surface area contributed by atoms with Crippen LogP contribution in [-0.4, -0.2) is 44.5 Å². The summed E-state index contributed by atoms with van der Waals surface area (Å²) in [6.45, 7) is 2.64. The molecule has 2 saturated heterocycles. The molecule has 0 radical (unpaired) electrons. The molecule has 2 rings (SSSR count). The third kappa shape index (κ3) is 3.72. The first-order valence-electron chi connectivity index (χ1n) is 5.94. The first-order chi connectivity index (χ1) is 7.74. The molecule has 0 aromatic carbocycles. The summed E-state index contributed by atoms with van der Waals surface area (Å²) in [5.41, 5.74) is 0.0771. The second-order valence-corrected chi connectivity index (χ2v) is 4.58. The van der Waals surface area contributed by atoms with E-state index in [2.05, 4.69) is 15.4 Å². The molecule has 2 heterocycles. The van der Waals surface area contributed by atoms with E-state index in [9.17, 15) is 4.79 Å². The minimum atomic E-state index is -0.380. The Bertz CT molecular complexity index is 257. The molecule has 100 valence electrons. The minimum Gasteiger partial charge on any atom is -0.453 e. The van der Waals surface area contributed by atoms with Crippen LogP contribution >= 0.6 is 12.4 Å². The molecule has 6 heteroatoms. The second kappa shape index (κ2) is 6.42. The number of nitrogens with one attached hydrogen (secondary N) is 2. The summed E-state index contributed by atoms with van der Waals surface area (Å²) in [4.78, 5) is 10.9. The minimum absolute atomic E-state index is 0. The maximum absolute atomic E-state index is 10.9. The lowest BCUT2D eigenvalue weighted by Gasteiger charge is -2.33. The number of methoxy groups -OCH3 is 1. The van der Waals surface area contributed by atoms with Gasteiger partial charge in [-0.25, -0.2) is 4.79 Å². The van der Waals surface area contributed by atoms with Gasteiger partial charge in [0.15, 0.2) is 0 Å². The summed E-state index contributed by atoms with van der Waals surface area (Å²) < 4.78 is 10.6. The van der Waals surface area contributed by atoms with Crippen molar-refractivity contribution in [3.63, 3.8) is 0 Å². The van der Waals surface area contributed by atoms with Crippen molar-refractivity contribution >= 4 is 18.5 Å². The molecule has 0 bridgehead atoms. The van der Waals surface area contributed by atoms with Crippen molar-refractivity contribution in [2.45, 2.75) is 37.4 Å². The highest BCUT2D eigenvalue weighted by atomic mass is 35.5. The molecule has 2 aliphatic heterocycles. The van der Waals surface area contributed by atoms with E-state index >= 15 is 0 Å². The van der Waals surface area contributed by atoms with Crippen LogP contribution in [0.2, 0.25) is 0 Å². The topological polar surface area (TPSA) is 59.6 Å². The highest BCUT2D eigenvalue weighted by Crippen LogP contribution is 2.36. The van der Waals surface area contributed by atoms with Crippen LogP contribution in [0.4, 0.5) is 4.79 Å². The number of alkyl carbamates (subject to hydrolysis) is 1. The molecular formula is C11H21ClN2O3. The smallest absolute Gasteiger partial charge is 0.406 e. The van der Waals surface area contributed by atoms with Crippen molar-refractivity contribution in [3.8, 4) is 0 Å². The Kier molecular flexibility index (Phi) is 5.49. The zero-order chi connectivity index (χ0) is 11.4. The van der Waals surface area contributed by atoms with Crippen molar-refractivity contribution in [1.29, 1.82) is 0 Å². The number of hydrogen-bond acceptors (Lipinski definition) is 4. The van der Waals surface area contributed by atoms with Gasteiger partial charge in [0.1, 0.15) is 0 Å². The Hall–Kier alpha value is -0.520. The maximum Gasteiger partial charge on any atom is 0.406 e. The largest absolute Gasteiger partial charge is 0.453 e. The van der Waals surface area contributed by atoms with Gasteiger partial charge < -0.3 is 20.1 Å². The van der Waals surface area contributed by atoms with E-state index in [0.717, 1.165) is 38.8 Å². The van der Waals surface area contributed by atoms with Crippen LogP contribution in [0.15, 0.2) is 0 Å². The van der Waals surface area contributed by atoms with E-state index in [1.165, 1.54) is 7.11 Å². The summed E-state index contributed by atoms with van der Waals surface area (Å²) in [7, 11) is 1.37. The molecule has 5 nitrogen and oxygen atoms in total. The van der Waals surface area contributed by atoms with Crippen molar-refractivity contribution < 1.29 is 14.3 Å². The van der Waals surface area contributed by atoms with E-state index in [4.69, 9.17) is 4.74 Å². The van der Waals surface area contributed by atoms with Crippen LogP contribution in [0.5, 0.6) is 0 Å². The number of carbonyl (C=O) groups is 1. The monoisotopic (exact) mass is 264 g/mol. The third-order valence-electron chi connectivity index (χ3n) is 3.51. The predicted octanol–water partition coefficient (Wildman–Crippen LogP) is 1.07. The van der Waals surface area contributed by atoms with Crippen molar-refractivity contribution in [1.82, 2.24) is 10.6 Å². The standard InChI is InChI=1S/C11H20N2O3.ClH/c1-15-10(14)13-8-9-2-3-11(16-9)4-6-12-7-5-11;/h9,12H,2-8H2,1H3,(H,13,14);1H. The molecule has 1 unspecified atom stereocenters. The highest BCUT2D eigenvalue weighted by molar-refractivity contribution is 5.85. The Morgan fingerprint density at radius 2 is 2.18 bits per heavy atom. The Morgan fingerprint density at radius 1 is 1.47 bits per heavy atom. The van der Waals surface area contributed by atoms with Gasteiger partial charge in [0.2, 0.25) is 0 Å². The number of piperidine rings is 1. The fraction of sp³-hybridized carbons (Fsp3) is 0.909. The highest BCUT2D eigenvalue weighted by Gasteiger charge is 2.40. The summed E-state index contributed by atoms with van der Waals surface area (Å²) in [6.07, 6.45) is 4.09. The van der Waals surface area contributed by atoms with Crippen LogP contribution in [0, 0.1) is 0 Å². The molecule has 0 aromatic rings. The van der Waals surface area contributed by atoms with Gasteiger partial charge in [0, 0.05) is 6.54 Å². The number of carbonyl (C=O) groups excluding carboxylic acids is 1. The molecule has 0 aliphatic carbocycles. The van der Waals surface area contributed by atoms with E-state index in [1.54, 1.807) is 0 Å². The fourth-order valence-electron chi connectivity index (χ4n) is 2.56. The van der Waals surface area contributed by atoms with Crippen LogP contribution in [0.1, 0.15) is 25.7 Å². The number of hydrogen-bond donors (Lipinski definition) is 2. The molecule has 0 aromatic heterocycles. The first-order valence-corrected chi connectivity index (χ1v) is 5.94. The molecule has 1 atom stereocenters. The van der Waals surface area contributed by atoms with E-state index < -0.39 is 0 Å². The molecule has 2 fully saturated rings. The number of ether oxygens (including phenoxy) is 2. The number of rotatable bonds is 2. The van der Waals surface area contributed by atoms with E-state index in [1.807, 2.05) is 0 Å². The molecule has 17 heavy (non-hydrogen) atoms. The van der Waals surface area contributed by atoms with Crippen LogP contribution < -0.4 is 10.6 Å². The Balaban J connectivity index is 0.00000144. The predicted molar refractivity (Wildman–Crippen MR) is 66.6 cm³/mol. The van der Waals surface area contributed by atoms with Gasteiger partial charge in [0.25, 0.3) is 0 Å². The summed E-state index contributed by atoms with van der Waals surface area (Å²) in [6, 6.07) is 0. The first kappa shape index (κ1) is 14.5. The van der Waals surface area contributed by atoms with Gasteiger partial charge in [-0.1, -0.05) is 0 Å². The second-order valence-electron chi connectivity index (χ2n) is 4.58. The maximum atomic E-state index is 10.9. The van der Waals surface area contributed by atoms with Crippen molar-refractivity contribution in [2.75, 3.05) is 26.7 Å². The SMILES string of the molecule is COC(=O)NCC1CCC2(CCNCC2)O1.Cl. The Labute approximate surface area is 108 Å². The molecule has 1 spiro atoms. The third-order valence-corrected chi connectivity index (χ3v) is 3.51. The molecule has 1 amide bonds. The van der Waals surface area contributed by atoms with Crippen molar-refractivity contribution in [3.05, 3.63) is 0 Å². The quantitative estimate of drug-likeness (QED) is 0.783. The van der Waals surface area contributed by atoms with Crippen LogP contribution in [0.25, 0.3) is 0 Å². The molecular weight excluding hydrogens is 244 g/mol. The van der Waals surface area contributed by atoms with Gasteiger partial charge >= 0.3 is 6.09 Å². The summed E-state index contributed by atoms with van der Waals surface area (Å²) in [5.74, 6) is 0. The zero-order valence-corrected chi connectivity index (χ0v) is 11.0. The Morgan fingerprint density at radius 3 is 2.82 bits per heavy atom. The van der Waals surface area contributed by atoms with Crippen LogP contribution in [-0.2, 0) is 9.47 Å². The summed E-state index contributed by atoms with van der Waals surface area (Å²) >= 11 is 0. The lowest BCUT2D eigenvalue weighted by atomic mass is 9.89. The number of amides is 1. The molecule has 2 N–H and O–H groups in total. The summed E-state index contributed by atoms with van der Waals surface area (Å²) in [5, 5.41) is 6.03. The van der Waals surface area contributed by atoms with Gasteiger partial charge in [-0.2, -0.15) is 0 Å². The van der Waals surface area contributed by atoms with Crippen molar-refractivity contribution in [2.24, 2.45) is 0 Å². The van der Waals surface area contributed by atoms with E-state index in [0.29, 0.717) is 6.54 Å². The zero-order valence-electron chi connectivity index (χ0n) is 10.2. The van der Waals surface area contributed by atoms with E-state index in [-0.39, 0.29) is 30.2 Å². The van der Waals surface area contributed by atoms with Gasteiger partial charge in [-0.15, -0.1) is 12.4 Å². The number of halogens is 1. The normalized spacial score (nSPS) is 26.3. The van der Waals surface area contributed by atoms with Gasteiger partial charge in [-0.3, -0.25) is 0 Å². The molecule has 0 saturated carbocycles. The van der Waals surface area contributed by atoms with Gasteiger partial charge in [0.05, 0.1) is 18.8 Å². The average Bonchev–Trinajstić information content (AvgIpc) is 2.70. The van der Waals surface area contributed by atoms with Crippen LogP contribution in [0.3, 0.4) is 0 Å². The average molecular weight is 265 g/mol. The van der Waals surface area contributed by atoms with Gasteiger partial charge in [-0.05, 0) is 38.8 Å². The molecule has 2 aliphatic rings. The lowest BCUT2D eigenvalue weighted by Crippen LogP contribution is -2.43. The fourth-order valence-corrected chi connectivity index (χ4v) is 2.56. The lowest BCUT2D eigenvalue weighted by molar-refractivity contribution is -0.0577.